The van der Waals surface area contributed by atoms with Gasteiger partial charge in [0.25, 0.3) is 5.56 Å². The Hall–Kier alpha value is -3.33. The van der Waals surface area contributed by atoms with Gasteiger partial charge in [-0.1, -0.05) is 19.9 Å². The number of rotatable bonds is 6. The third-order valence-corrected chi connectivity index (χ3v) is 4.91. The molecule has 1 amide bonds. The van der Waals surface area contributed by atoms with Crippen LogP contribution < -0.4 is 11.0 Å². The summed E-state index contributed by atoms with van der Waals surface area (Å²) in [5, 5.41) is 17.0. The Morgan fingerprint density at radius 2 is 1.93 bits per heavy atom. The Morgan fingerprint density at radius 3 is 2.55 bits per heavy atom. The van der Waals surface area contributed by atoms with Gasteiger partial charge in [0.15, 0.2) is 0 Å². The number of benzene rings is 1. The number of aryl methyl sites for hydroxylation is 2. The lowest BCUT2D eigenvalue weighted by Crippen LogP contribution is -2.36. The van der Waals surface area contributed by atoms with Gasteiger partial charge in [0, 0.05) is 29.8 Å². The number of hydrogen-bond acceptors (Lipinski definition) is 5. The van der Waals surface area contributed by atoms with Crippen LogP contribution in [0.3, 0.4) is 0 Å². The maximum atomic E-state index is 14.8. The molecule has 0 spiro atoms. The molecule has 152 valence electrons. The number of hydrogen-bond donors (Lipinski definition) is 2. The molecular weight excluding hydrogens is 377 g/mol. The number of hydroxylamine groups is 1. The number of carbonyl (C=O) groups is 1. The molecule has 2 heterocycles. The van der Waals surface area contributed by atoms with Crippen LogP contribution in [0.4, 0.5) is 4.39 Å². The van der Waals surface area contributed by atoms with Crippen LogP contribution in [0.5, 0.6) is 0 Å². The zero-order chi connectivity index (χ0) is 21.2. The van der Waals surface area contributed by atoms with Gasteiger partial charge in [-0.3, -0.25) is 14.8 Å². The summed E-state index contributed by atoms with van der Waals surface area (Å²) >= 11 is 0. The molecule has 1 aromatic carbocycles. The van der Waals surface area contributed by atoms with E-state index in [-0.39, 0.29) is 24.1 Å². The highest BCUT2D eigenvalue weighted by atomic mass is 19.1. The van der Waals surface area contributed by atoms with Gasteiger partial charge in [0.2, 0.25) is 5.91 Å². The molecule has 0 aliphatic rings. The minimum Gasteiger partial charge on any atom is -0.313 e. The molecule has 2 aromatic heterocycles. The predicted octanol–water partition coefficient (Wildman–Crippen LogP) is 2.47. The molecule has 0 aliphatic heterocycles. The second-order valence-corrected chi connectivity index (χ2v) is 7.46. The lowest BCUT2D eigenvalue weighted by Gasteiger charge is -2.22. The molecule has 0 fully saturated rings. The van der Waals surface area contributed by atoms with Crippen LogP contribution in [0.1, 0.15) is 25.8 Å². The first-order chi connectivity index (χ1) is 13.7. The second kappa shape index (κ2) is 7.96. The Morgan fingerprint density at radius 1 is 1.24 bits per heavy atom. The van der Waals surface area contributed by atoms with Gasteiger partial charge >= 0.3 is 0 Å². The molecule has 3 aromatic rings. The summed E-state index contributed by atoms with van der Waals surface area (Å²) in [7, 11) is 0. The van der Waals surface area contributed by atoms with Crippen molar-refractivity contribution < 1.29 is 14.4 Å². The minimum atomic E-state index is -0.906. The number of nitrogens with one attached hydrogen (secondary N) is 1. The van der Waals surface area contributed by atoms with Crippen molar-refractivity contribution in [3.63, 3.8) is 0 Å². The molecule has 0 saturated carbocycles. The molecule has 0 bridgehead atoms. The number of amides is 1. The monoisotopic (exact) mass is 399 g/mol. The van der Waals surface area contributed by atoms with Crippen molar-refractivity contribution in [1.82, 2.24) is 25.0 Å². The van der Waals surface area contributed by atoms with Crippen molar-refractivity contribution in [2.75, 3.05) is 0 Å². The summed E-state index contributed by atoms with van der Waals surface area (Å²) in [4.78, 5) is 25.6. The molecule has 0 saturated heterocycles. The fraction of sp³-hybridized carbons (Fsp3) is 0.300. The van der Waals surface area contributed by atoms with E-state index >= 15 is 0 Å². The van der Waals surface area contributed by atoms with E-state index in [0.717, 1.165) is 17.4 Å². The number of pyridine rings is 1. The van der Waals surface area contributed by atoms with Gasteiger partial charge in [0.05, 0.1) is 18.1 Å². The van der Waals surface area contributed by atoms with Crippen molar-refractivity contribution in [2.45, 2.75) is 33.7 Å². The molecule has 3 rings (SSSR count). The molecule has 9 heteroatoms. The summed E-state index contributed by atoms with van der Waals surface area (Å²) in [5.41, 5.74) is 2.68. The SMILES string of the molecule is Cc1cc(-c2cc(=O)n(CCC(C)(C)C(=O)NO)cc2F)ccc1-n1nccn1. The molecule has 0 unspecified atom stereocenters. The highest BCUT2D eigenvalue weighted by Crippen LogP contribution is 2.26. The topological polar surface area (TPSA) is 102 Å². The molecule has 29 heavy (non-hydrogen) atoms. The van der Waals surface area contributed by atoms with Crippen LogP contribution in [-0.4, -0.2) is 30.7 Å². The van der Waals surface area contributed by atoms with Gasteiger partial charge in [-0.15, -0.1) is 0 Å². The summed E-state index contributed by atoms with van der Waals surface area (Å²) in [6.45, 7) is 5.26. The van der Waals surface area contributed by atoms with Crippen LogP contribution in [0.25, 0.3) is 16.8 Å². The number of carbonyl (C=O) groups excluding carboxylic acids is 1. The van der Waals surface area contributed by atoms with E-state index in [1.54, 1.807) is 49.9 Å². The van der Waals surface area contributed by atoms with Crippen LogP contribution in [0.15, 0.2) is 47.7 Å². The Balaban J connectivity index is 1.87. The molecular formula is C20H22FN5O3. The average molecular weight is 399 g/mol. The van der Waals surface area contributed by atoms with Crippen LogP contribution >= 0.6 is 0 Å². The largest absolute Gasteiger partial charge is 0.313 e. The first-order valence-electron chi connectivity index (χ1n) is 9.05. The molecule has 0 aliphatic carbocycles. The van der Waals surface area contributed by atoms with Gasteiger partial charge in [-0.05, 0) is 36.6 Å². The fourth-order valence-electron chi connectivity index (χ4n) is 2.99. The van der Waals surface area contributed by atoms with Gasteiger partial charge < -0.3 is 4.57 Å². The van der Waals surface area contributed by atoms with Crippen molar-refractivity contribution in [1.29, 1.82) is 0 Å². The maximum Gasteiger partial charge on any atom is 0.251 e. The summed E-state index contributed by atoms with van der Waals surface area (Å²) < 4.78 is 16.0. The van der Waals surface area contributed by atoms with Crippen molar-refractivity contribution in [3.05, 3.63) is 64.6 Å². The minimum absolute atomic E-state index is 0.138. The van der Waals surface area contributed by atoms with Crippen LogP contribution in [0, 0.1) is 18.2 Å². The van der Waals surface area contributed by atoms with Gasteiger partial charge in [0.1, 0.15) is 5.82 Å². The van der Waals surface area contributed by atoms with E-state index in [1.807, 2.05) is 6.92 Å². The van der Waals surface area contributed by atoms with Gasteiger partial charge in [-0.25, -0.2) is 9.87 Å². The normalized spacial score (nSPS) is 11.5. The van der Waals surface area contributed by atoms with Crippen LogP contribution in [-0.2, 0) is 11.3 Å². The van der Waals surface area contributed by atoms with Crippen LogP contribution in [0.2, 0.25) is 0 Å². The fourth-order valence-corrected chi connectivity index (χ4v) is 2.99. The molecule has 8 nitrogen and oxygen atoms in total. The first-order valence-corrected chi connectivity index (χ1v) is 9.05. The highest BCUT2D eigenvalue weighted by molar-refractivity contribution is 5.80. The summed E-state index contributed by atoms with van der Waals surface area (Å²) in [6, 6.07) is 6.50. The van der Waals surface area contributed by atoms with E-state index in [0.29, 0.717) is 5.56 Å². The summed E-state index contributed by atoms with van der Waals surface area (Å²) in [6.07, 6.45) is 4.53. The second-order valence-electron chi connectivity index (χ2n) is 7.46. The smallest absolute Gasteiger partial charge is 0.251 e. The van der Waals surface area contributed by atoms with Crippen molar-refractivity contribution >= 4 is 5.91 Å². The molecule has 2 N–H and O–H groups in total. The van der Waals surface area contributed by atoms with Crippen molar-refractivity contribution in [2.24, 2.45) is 5.41 Å². The lowest BCUT2D eigenvalue weighted by atomic mass is 9.88. The standard InChI is InChI=1S/C20H22FN5O3/c1-13-10-14(4-5-17(13)26-22-7-8-23-26)15-11-18(27)25(12-16(15)21)9-6-20(2,3)19(28)24-29/h4-5,7-8,10-12,29H,6,9H2,1-3H3,(H,24,28). The Kier molecular flexibility index (Phi) is 5.60. The Bertz CT molecular complexity index is 1090. The number of aromatic nitrogens is 4. The van der Waals surface area contributed by atoms with E-state index in [2.05, 4.69) is 10.2 Å². The van der Waals surface area contributed by atoms with Crippen molar-refractivity contribution in [3.8, 4) is 16.8 Å². The quantitative estimate of drug-likeness (QED) is 0.490. The lowest BCUT2D eigenvalue weighted by molar-refractivity contribution is -0.138. The zero-order valence-corrected chi connectivity index (χ0v) is 16.4. The first kappa shape index (κ1) is 20.4. The van der Waals surface area contributed by atoms with E-state index in [9.17, 15) is 14.0 Å². The zero-order valence-electron chi connectivity index (χ0n) is 16.4. The van der Waals surface area contributed by atoms with Gasteiger partial charge in [-0.2, -0.15) is 15.0 Å². The number of halogens is 1. The summed E-state index contributed by atoms with van der Waals surface area (Å²) in [5.74, 6) is -1.11. The van der Waals surface area contributed by atoms with E-state index < -0.39 is 17.1 Å². The number of nitrogens with zero attached hydrogens (tertiary/aromatic N) is 4. The van der Waals surface area contributed by atoms with E-state index in [1.165, 1.54) is 15.4 Å². The predicted molar refractivity (Wildman–Crippen MR) is 104 cm³/mol. The molecule has 0 radical (unpaired) electrons. The third-order valence-electron chi connectivity index (χ3n) is 4.91. The van der Waals surface area contributed by atoms with E-state index in [4.69, 9.17) is 5.21 Å². The third kappa shape index (κ3) is 4.24. The maximum absolute atomic E-state index is 14.8. The highest BCUT2D eigenvalue weighted by Gasteiger charge is 2.27. The molecule has 0 atom stereocenters. The average Bonchev–Trinajstić information content (AvgIpc) is 3.22. The Labute approximate surface area is 166 Å².